The highest BCUT2D eigenvalue weighted by molar-refractivity contribution is 6.93. The van der Waals surface area contributed by atoms with E-state index in [0.29, 0.717) is 0 Å². The summed E-state index contributed by atoms with van der Waals surface area (Å²) in [5, 5.41) is 8.42. The summed E-state index contributed by atoms with van der Waals surface area (Å²) >= 11 is 0. The van der Waals surface area contributed by atoms with Crippen molar-refractivity contribution in [1.82, 2.24) is 15.0 Å². The van der Waals surface area contributed by atoms with Crippen LogP contribution in [0.2, 0.25) is 6.04 Å². The Morgan fingerprint density at radius 3 is 2.33 bits per heavy atom. The lowest BCUT2D eigenvalue weighted by Gasteiger charge is -2.18. The second-order valence-corrected chi connectivity index (χ2v) is 9.01. The van der Waals surface area contributed by atoms with E-state index in [9.17, 15) is 0 Å². The van der Waals surface area contributed by atoms with Crippen LogP contribution in [0.15, 0.2) is 73.4 Å². The summed E-state index contributed by atoms with van der Waals surface area (Å²) in [6.07, 6.45) is 3.02. The molecular weight excluding hydrogens is 274 g/mol. The number of hydrogen-bond acceptors (Lipinski definition) is 2. The molecule has 0 aliphatic carbocycles. The van der Waals surface area contributed by atoms with Gasteiger partial charge in [-0.2, -0.15) is 0 Å². The van der Waals surface area contributed by atoms with Crippen molar-refractivity contribution in [3.8, 4) is 11.3 Å². The van der Waals surface area contributed by atoms with E-state index in [0.717, 1.165) is 30.3 Å². The van der Waals surface area contributed by atoms with Crippen LogP contribution in [0.25, 0.3) is 11.3 Å². The van der Waals surface area contributed by atoms with Crippen LogP contribution in [-0.4, -0.2) is 23.1 Å². The van der Waals surface area contributed by atoms with Crippen molar-refractivity contribution in [3.63, 3.8) is 0 Å². The summed E-state index contributed by atoms with van der Waals surface area (Å²) in [6.45, 7) is 12.6. The Morgan fingerprint density at radius 2 is 1.71 bits per heavy atom. The minimum absolute atomic E-state index is 0.851. The largest absolute Gasteiger partial charge is 0.252 e. The molecule has 3 nitrogen and oxygen atoms in total. The van der Waals surface area contributed by atoms with E-state index in [-0.39, 0.29) is 0 Å². The number of nitrogens with zero attached hydrogens (tertiary/aromatic N) is 3. The van der Waals surface area contributed by atoms with Crippen molar-refractivity contribution in [1.29, 1.82) is 0 Å². The predicted octanol–water partition coefficient (Wildman–Crippen LogP) is 3.96. The number of rotatable bonds is 8. The van der Waals surface area contributed by atoms with Gasteiger partial charge in [-0.3, -0.25) is 4.68 Å². The third-order valence-electron chi connectivity index (χ3n) is 3.75. The highest BCUT2D eigenvalue weighted by Gasteiger charge is 2.20. The lowest BCUT2D eigenvalue weighted by atomic mass is 10.2. The van der Waals surface area contributed by atoms with E-state index in [1.807, 2.05) is 58.3 Å². The van der Waals surface area contributed by atoms with Crippen molar-refractivity contribution in [2.45, 2.75) is 19.0 Å². The molecule has 0 bridgehead atoms. The van der Waals surface area contributed by atoms with Gasteiger partial charge < -0.3 is 0 Å². The molecule has 0 aliphatic heterocycles. The summed E-state index contributed by atoms with van der Waals surface area (Å²) in [7, 11) is -1.70. The van der Waals surface area contributed by atoms with Gasteiger partial charge in [0.1, 0.15) is 13.8 Å². The highest BCUT2D eigenvalue weighted by Crippen LogP contribution is 2.18. The van der Waals surface area contributed by atoms with Gasteiger partial charge in [0.2, 0.25) is 0 Å². The van der Waals surface area contributed by atoms with Crippen LogP contribution in [0.4, 0.5) is 0 Å². The Kier molecular flexibility index (Phi) is 5.06. The summed E-state index contributed by atoms with van der Waals surface area (Å²) in [5.41, 5.74) is 8.10. The van der Waals surface area contributed by atoms with Gasteiger partial charge in [0, 0.05) is 12.1 Å². The number of hydrogen-bond donors (Lipinski definition) is 0. The number of aryl methyl sites for hydroxylation is 1. The van der Waals surface area contributed by atoms with Crippen LogP contribution >= 0.6 is 0 Å². The normalized spacial score (nSPS) is 11.0. The molecule has 108 valence electrons. The van der Waals surface area contributed by atoms with E-state index in [1.165, 1.54) is 0 Å². The molecule has 0 spiro atoms. The third-order valence-corrected chi connectivity index (χ3v) is 7.25. The van der Waals surface area contributed by atoms with E-state index in [2.05, 4.69) is 30.0 Å². The Morgan fingerprint density at radius 1 is 1.05 bits per heavy atom. The summed E-state index contributed by atoms with van der Waals surface area (Å²) in [5.74, 6) is 0. The fourth-order valence-electron chi connectivity index (χ4n) is 2.25. The second kappa shape index (κ2) is 6.99. The molecule has 1 heterocycles. The zero-order valence-electron chi connectivity index (χ0n) is 12.3. The van der Waals surface area contributed by atoms with Crippen LogP contribution in [0.3, 0.4) is 0 Å². The van der Waals surface area contributed by atoms with E-state index in [4.69, 9.17) is 0 Å². The smallest absolute Gasteiger partial charge is 0.124 e. The minimum atomic E-state index is -1.70. The van der Waals surface area contributed by atoms with Crippen LogP contribution in [0.1, 0.15) is 6.42 Å². The van der Waals surface area contributed by atoms with Crippen molar-refractivity contribution in [3.05, 3.63) is 73.4 Å². The lowest BCUT2D eigenvalue weighted by Crippen LogP contribution is -2.26. The maximum atomic E-state index is 4.23. The van der Waals surface area contributed by atoms with E-state index < -0.39 is 8.07 Å². The molecule has 0 N–H and O–H groups in total. The SMILES string of the molecule is C=C[Si](C=C)(C=C)CCCn1cc(-c2ccccc2)nn1. The molecule has 0 radical (unpaired) electrons. The molecule has 0 saturated carbocycles. The van der Waals surface area contributed by atoms with Crippen molar-refractivity contribution in [2.75, 3.05) is 0 Å². The van der Waals surface area contributed by atoms with Crippen LogP contribution in [0.5, 0.6) is 0 Å². The van der Waals surface area contributed by atoms with Gasteiger partial charge >= 0.3 is 0 Å². The fraction of sp³-hybridized carbons (Fsp3) is 0.176. The first-order chi connectivity index (χ1) is 10.2. The molecule has 1 aromatic heterocycles. The molecule has 21 heavy (non-hydrogen) atoms. The Hall–Kier alpha value is -2.20. The first-order valence-corrected chi connectivity index (χ1v) is 9.53. The Balaban J connectivity index is 1.96. The van der Waals surface area contributed by atoms with Gasteiger partial charge in [-0.1, -0.05) is 52.6 Å². The lowest BCUT2D eigenvalue weighted by molar-refractivity contribution is 0.577. The van der Waals surface area contributed by atoms with Crippen LogP contribution in [-0.2, 0) is 6.54 Å². The highest BCUT2D eigenvalue weighted by atomic mass is 28.3. The second-order valence-electron chi connectivity index (χ2n) is 5.06. The van der Waals surface area contributed by atoms with Gasteiger partial charge in [-0.05, 0) is 12.5 Å². The molecule has 4 heteroatoms. The Bertz CT molecular complexity index is 594. The predicted molar refractivity (Wildman–Crippen MR) is 91.2 cm³/mol. The van der Waals surface area contributed by atoms with Crippen LogP contribution in [0, 0.1) is 0 Å². The quantitative estimate of drug-likeness (QED) is 0.690. The van der Waals surface area contributed by atoms with Crippen molar-refractivity contribution in [2.24, 2.45) is 0 Å². The van der Waals surface area contributed by atoms with Crippen LogP contribution < -0.4 is 0 Å². The van der Waals surface area contributed by atoms with Crippen molar-refractivity contribution < 1.29 is 0 Å². The molecule has 0 fully saturated rings. The molecule has 0 atom stereocenters. The zero-order valence-corrected chi connectivity index (χ0v) is 13.3. The monoisotopic (exact) mass is 295 g/mol. The topological polar surface area (TPSA) is 30.7 Å². The average molecular weight is 295 g/mol. The van der Waals surface area contributed by atoms with Gasteiger partial charge in [-0.25, -0.2) is 0 Å². The number of benzene rings is 1. The molecule has 1 aromatic carbocycles. The third kappa shape index (κ3) is 3.67. The summed E-state index contributed by atoms with van der Waals surface area (Å²) < 4.78 is 1.90. The number of aromatic nitrogens is 3. The summed E-state index contributed by atoms with van der Waals surface area (Å²) in [4.78, 5) is 0. The molecule has 0 aliphatic rings. The van der Waals surface area contributed by atoms with Gasteiger partial charge in [0.05, 0.1) is 6.20 Å². The standard InChI is InChI=1S/C17H21N3Si/c1-4-21(5-2,6-3)14-10-13-20-15-17(18-19-20)16-11-8-7-9-12-16/h4-9,11-12,15H,1-3,10,13-14H2. The molecular formula is C17H21N3Si. The fourth-order valence-corrected chi connectivity index (χ4v) is 4.14. The molecule has 2 aromatic rings. The van der Waals surface area contributed by atoms with E-state index in [1.54, 1.807) is 0 Å². The zero-order chi connectivity index (χ0) is 15.1. The molecule has 0 saturated heterocycles. The molecule has 0 amide bonds. The molecule has 0 unspecified atom stereocenters. The van der Waals surface area contributed by atoms with Gasteiger partial charge in [0.15, 0.2) is 0 Å². The molecule has 2 rings (SSSR count). The van der Waals surface area contributed by atoms with Gasteiger partial charge in [-0.15, -0.1) is 24.8 Å². The maximum Gasteiger partial charge on any atom is 0.124 e. The maximum absolute atomic E-state index is 4.23. The summed E-state index contributed by atoms with van der Waals surface area (Å²) in [6, 6.07) is 11.2. The van der Waals surface area contributed by atoms with E-state index >= 15 is 0 Å². The first kappa shape index (κ1) is 15.2. The minimum Gasteiger partial charge on any atom is -0.252 e. The first-order valence-electron chi connectivity index (χ1n) is 7.09. The average Bonchev–Trinajstić information content (AvgIpc) is 3.02. The van der Waals surface area contributed by atoms with Gasteiger partial charge in [0.25, 0.3) is 0 Å². The van der Waals surface area contributed by atoms with Crippen molar-refractivity contribution >= 4 is 8.07 Å². The Labute approximate surface area is 127 Å².